The van der Waals surface area contributed by atoms with Crippen molar-refractivity contribution in [3.8, 4) is 0 Å². The van der Waals surface area contributed by atoms with Gasteiger partial charge in [0.25, 0.3) is 0 Å². The van der Waals surface area contributed by atoms with Crippen molar-refractivity contribution >= 4 is 53.0 Å². The van der Waals surface area contributed by atoms with Gasteiger partial charge in [0, 0.05) is 42.9 Å². The number of thioether (sulfide) groups is 1. The quantitative estimate of drug-likeness (QED) is 0.373. The third-order valence-electron chi connectivity index (χ3n) is 4.96. The lowest BCUT2D eigenvalue weighted by molar-refractivity contribution is -0.0120. The summed E-state index contributed by atoms with van der Waals surface area (Å²) in [7, 11) is 1.85. The van der Waals surface area contributed by atoms with Crippen molar-refractivity contribution in [2.75, 3.05) is 51.4 Å². The molecule has 2 fully saturated rings. The number of nitrogens with zero attached hydrogens (tertiary/aromatic N) is 2. The number of aliphatic imine (C=N–C) groups is 1. The zero-order chi connectivity index (χ0) is 16.8. The molecular formula is C17H29IN4OS2. The molecule has 2 N–H and O–H groups in total. The Balaban J connectivity index is 0.00000225. The second-order valence-corrected chi connectivity index (χ2v) is 8.54. The average Bonchev–Trinajstić information content (AvgIpc) is 3.26. The van der Waals surface area contributed by atoms with Crippen molar-refractivity contribution in [1.29, 1.82) is 0 Å². The molecule has 0 saturated carbocycles. The van der Waals surface area contributed by atoms with Crippen molar-refractivity contribution in [2.24, 2.45) is 4.99 Å². The SMILES string of the molecule is CN=C(NCc1sccc1C)NCC1(N2CCOCC2)CCSC1.I. The van der Waals surface area contributed by atoms with E-state index in [0.29, 0.717) is 0 Å². The molecule has 8 heteroatoms. The number of thiophene rings is 1. The highest BCUT2D eigenvalue weighted by molar-refractivity contribution is 14.0. The fraction of sp³-hybridized carbons (Fsp3) is 0.706. The molecule has 0 amide bonds. The number of rotatable bonds is 5. The van der Waals surface area contributed by atoms with Gasteiger partial charge in [-0.1, -0.05) is 0 Å². The zero-order valence-electron chi connectivity index (χ0n) is 15.0. The molecule has 142 valence electrons. The van der Waals surface area contributed by atoms with E-state index in [2.05, 4.69) is 50.7 Å². The van der Waals surface area contributed by atoms with Gasteiger partial charge in [-0.25, -0.2) is 0 Å². The van der Waals surface area contributed by atoms with E-state index in [4.69, 9.17) is 4.74 Å². The summed E-state index contributed by atoms with van der Waals surface area (Å²) < 4.78 is 5.54. The predicted molar refractivity (Wildman–Crippen MR) is 120 cm³/mol. The van der Waals surface area contributed by atoms with Crippen LogP contribution in [0.1, 0.15) is 16.9 Å². The Morgan fingerprint density at radius 2 is 2.16 bits per heavy atom. The lowest BCUT2D eigenvalue weighted by Gasteiger charge is -2.43. The van der Waals surface area contributed by atoms with Crippen LogP contribution in [0.15, 0.2) is 16.4 Å². The maximum absolute atomic E-state index is 5.54. The first-order valence-electron chi connectivity index (χ1n) is 8.61. The van der Waals surface area contributed by atoms with Crippen molar-refractivity contribution in [3.63, 3.8) is 0 Å². The van der Waals surface area contributed by atoms with Crippen LogP contribution in [0, 0.1) is 6.92 Å². The van der Waals surface area contributed by atoms with Crippen LogP contribution in [0.3, 0.4) is 0 Å². The van der Waals surface area contributed by atoms with Gasteiger partial charge in [-0.3, -0.25) is 9.89 Å². The molecule has 2 aliphatic rings. The monoisotopic (exact) mass is 496 g/mol. The molecule has 0 aromatic carbocycles. The van der Waals surface area contributed by atoms with Crippen molar-refractivity contribution in [1.82, 2.24) is 15.5 Å². The van der Waals surface area contributed by atoms with Crippen LogP contribution in [0.4, 0.5) is 0 Å². The molecule has 0 aliphatic carbocycles. The first kappa shape index (κ1) is 21.3. The van der Waals surface area contributed by atoms with E-state index in [1.807, 2.05) is 7.05 Å². The fourth-order valence-corrected chi connectivity index (χ4v) is 5.68. The lowest BCUT2D eigenvalue weighted by Crippen LogP contribution is -2.60. The van der Waals surface area contributed by atoms with Gasteiger partial charge in [-0.05, 0) is 36.1 Å². The molecule has 2 aliphatic heterocycles. The van der Waals surface area contributed by atoms with Crippen LogP contribution in [-0.2, 0) is 11.3 Å². The van der Waals surface area contributed by atoms with E-state index in [9.17, 15) is 0 Å². The highest BCUT2D eigenvalue weighted by Gasteiger charge is 2.40. The maximum atomic E-state index is 5.54. The Hall–Kier alpha value is -0.0300. The summed E-state index contributed by atoms with van der Waals surface area (Å²) in [6.07, 6.45) is 1.24. The minimum atomic E-state index is 0. The largest absolute Gasteiger partial charge is 0.379 e. The van der Waals surface area contributed by atoms with E-state index in [0.717, 1.165) is 45.4 Å². The first-order valence-corrected chi connectivity index (χ1v) is 10.6. The molecule has 3 rings (SSSR count). The molecule has 0 spiro atoms. The van der Waals surface area contributed by atoms with E-state index in [1.54, 1.807) is 11.3 Å². The van der Waals surface area contributed by atoms with Gasteiger partial charge in [0.1, 0.15) is 0 Å². The van der Waals surface area contributed by atoms with Crippen molar-refractivity contribution < 1.29 is 4.74 Å². The van der Waals surface area contributed by atoms with Gasteiger partial charge in [0.2, 0.25) is 0 Å². The van der Waals surface area contributed by atoms with E-state index >= 15 is 0 Å². The van der Waals surface area contributed by atoms with Crippen LogP contribution in [0.25, 0.3) is 0 Å². The maximum Gasteiger partial charge on any atom is 0.191 e. The highest BCUT2D eigenvalue weighted by atomic mass is 127. The molecule has 1 atom stereocenters. The smallest absolute Gasteiger partial charge is 0.191 e. The van der Waals surface area contributed by atoms with Crippen molar-refractivity contribution in [2.45, 2.75) is 25.4 Å². The Labute approximate surface area is 176 Å². The number of halogens is 1. The molecule has 25 heavy (non-hydrogen) atoms. The number of aryl methyl sites for hydroxylation is 1. The molecule has 3 heterocycles. The van der Waals surface area contributed by atoms with Crippen LogP contribution in [0.5, 0.6) is 0 Å². The number of morpholine rings is 1. The van der Waals surface area contributed by atoms with Gasteiger partial charge in [0.05, 0.1) is 19.8 Å². The molecule has 1 aromatic rings. The zero-order valence-corrected chi connectivity index (χ0v) is 19.0. The third kappa shape index (κ3) is 5.47. The Morgan fingerprint density at radius 3 is 2.76 bits per heavy atom. The standard InChI is InChI=1S/C17H28N4OS2.HI/c1-14-3-9-24-15(14)11-19-16(18-2)20-12-17(4-10-23-13-17)21-5-7-22-8-6-21;/h3,9H,4-8,10-13H2,1-2H3,(H2,18,19,20);1H. The van der Waals surface area contributed by atoms with Gasteiger partial charge >= 0.3 is 0 Å². The topological polar surface area (TPSA) is 48.9 Å². The molecule has 1 unspecified atom stereocenters. The summed E-state index contributed by atoms with van der Waals surface area (Å²) in [6, 6.07) is 2.17. The van der Waals surface area contributed by atoms with Gasteiger partial charge in [-0.2, -0.15) is 11.8 Å². The number of ether oxygens (including phenoxy) is 1. The second kappa shape index (κ2) is 10.3. The Bertz CT molecular complexity index is 555. The second-order valence-electron chi connectivity index (χ2n) is 6.43. The molecule has 0 bridgehead atoms. The van der Waals surface area contributed by atoms with Gasteiger partial charge in [0.15, 0.2) is 5.96 Å². The average molecular weight is 496 g/mol. The molecule has 2 saturated heterocycles. The van der Waals surface area contributed by atoms with Gasteiger partial charge < -0.3 is 15.4 Å². The number of nitrogens with one attached hydrogen (secondary N) is 2. The molecular weight excluding hydrogens is 467 g/mol. The molecule has 1 aromatic heterocycles. The minimum Gasteiger partial charge on any atom is -0.379 e. The first-order chi connectivity index (χ1) is 11.7. The number of hydrogen-bond acceptors (Lipinski definition) is 5. The summed E-state index contributed by atoms with van der Waals surface area (Å²) in [4.78, 5) is 8.40. The number of hydrogen-bond donors (Lipinski definition) is 2. The highest BCUT2D eigenvalue weighted by Crippen LogP contribution is 2.33. The summed E-state index contributed by atoms with van der Waals surface area (Å²) >= 11 is 3.86. The summed E-state index contributed by atoms with van der Waals surface area (Å²) in [6.45, 7) is 7.75. The number of guanidine groups is 1. The predicted octanol–water partition coefficient (Wildman–Crippen LogP) is 2.55. The molecule has 0 radical (unpaired) electrons. The summed E-state index contributed by atoms with van der Waals surface area (Å²) in [5, 5.41) is 9.18. The van der Waals surface area contributed by atoms with Crippen LogP contribution in [-0.4, -0.2) is 67.8 Å². The van der Waals surface area contributed by atoms with Crippen LogP contribution in [0.2, 0.25) is 0 Å². The Morgan fingerprint density at radius 1 is 1.36 bits per heavy atom. The van der Waals surface area contributed by atoms with Crippen LogP contribution < -0.4 is 10.6 Å². The fourth-order valence-electron chi connectivity index (χ4n) is 3.35. The van der Waals surface area contributed by atoms with Crippen LogP contribution >= 0.6 is 47.1 Å². The molecule has 5 nitrogen and oxygen atoms in total. The van der Waals surface area contributed by atoms with Gasteiger partial charge in [-0.15, -0.1) is 35.3 Å². The van der Waals surface area contributed by atoms with E-state index in [-0.39, 0.29) is 29.5 Å². The normalized spacial score (nSPS) is 24.8. The lowest BCUT2D eigenvalue weighted by atomic mass is 9.95. The summed E-state index contributed by atoms with van der Waals surface area (Å²) in [5.74, 6) is 3.34. The Kier molecular flexibility index (Phi) is 8.80. The minimum absolute atomic E-state index is 0. The van der Waals surface area contributed by atoms with E-state index in [1.165, 1.54) is 28.4 Å². The van der Waals surface area contributed by atoms with E-state index < -0.39 is 0 Å². The summed E-state index contributed by atoms with van der Waals surface area (Å²) in [5.41, 5.74) is 1.59. The third-order valence-corrected chi connectivity index (χ3v) is 7.21. The van der Waals surface area contributed by atoms with Crippen molar-refractivity contribution in [3.05, 3.63) is 21.9 Å².